The maximum absolute atomic E-state index is 13.0. The second-order valence-electron chi connectivity index (χ2n) is 6.94. The van der Waals surface area contributed by atoms with E-state index < -0.39 is 10.0 Å². The number of hydrogen-bond acceptors (Lipinski definition) is 4. The van der Waals surface area contributed by atoms with Gasteiger partial charge >= 0.3 is 0 Å². The Morgan fingerprint density at radius 3 is 2.44 bits per heavy atom. The Hall–Kier alpha value is -1.47. The van der Waals surface area contributed by atoms with E-state index in [9.17, 15) is 13.2 Å². The van der Waals surface area contributed by atoms with Gasteiger partial charge in [-0.25, -0.2) is 8.42 Å². The summed E-state index contributed by atoms with van der Waals surface area (Å²) in [4.78, 5) is 18.9. The molecule has 6 nitrogen and oxygen atoms in total. The second kappa shape index (κ2) is 7.83. The Morgan fingerprint density at radius 2 is 1.88 bits per heavy atom. The van der Waals surface area contributed by atoms with Crippen LogP contribution in [0.1, 0.15) is 51.9 Å². The molecule has 1 aromatic heterocycles. The van der Waals surface area contributed by atoms with E-state index >= 15 is 0 Å². The number of carbonyl (C=O) groups is 1. The first-order valence-corrected chi connectivity index (χ1v) is 10.7. The van der Waals surface area contributed by atoms with Gasteiger partial charge in [-0.2, -0.15) is 4.31 Å². The average molecular weight is 365 g/mol. The summed E-state index contributed by atoms with van der Waals surface area (Å²) < 4.78 is 27.3. The van der Waals surface area contributed by atoms with Crippen LogP contribution in [0.3, 0.4) is 0 Å². The summed E-state index contributed by atoms with van der Waals surface area (Å²) in [5.74, 6) is -0.0752. The summed E-state index contributed by atoms with van der Waals surface area (Å²) in [6, 6.07) is 3.36. The highest BCUT2D eigenvalue weighted by Gasteiger charge is 2.40. The van der Waals surface area contributed by atoms with Crippen molar-refractivity contribution in [3.05, 3.63) is 24.5 Å². The number of nitrogens with zero attached hydrogens (tertiary/aromatic N) is 3. The summed E-state index contributed by atoms with van der Waals surface area (Å²) in [5.41, 5.74) is 0. The number of pyridine rings is 1. The number of aromatic nitrogens is 1. The molecule has 138 valence electrons. The average Bonchev–Trinajstić information content (AvgIpc) is 3.47. The van der Waals surface area contributed by atoms with E-state index in [2.05, 4.69) is 4.98 Å². The fraction of sp³-hybridized carbons (Fsp3) is 0.667. The van der Waals surface area contributed by atoms with E-state index in [1.54, 1.807) is 18.3 Å². The van der Waals surface area contributed by atoms with E-state index in [0.29, 0.717) is 6.54 Å². The van der Waals surface area contributed by atoms with Crippen molar-refractivity contribution in [3.63, 3.8) is 0 Å². The third-order valence-electron chi connectivity index (χ3n) is 5.16. The number of likely N-dealkylation sites (N-methyl/N-ethyl adjacent to an activating group) is 1. The lowest BCUT2D eigenvalue weighted by Crippen LogP contribution is -2.48. The third kappa shape index (κ3) is 4.20. The predicted molar refractivity (Wildman–Crippen MR) is 95.4 cm³/mol. The van der Waals surface area contributed by atoms with Gasteiger partial charge in [0, 0.05) is 31.0 Å². The number of carbonyl (C=O) groups excluding carboxylic acids is 1. The van der Waals surface area contributed by atoms with Crippen molar-refractivity contribution in [3.8, 4) is 0 Å². The van der Waals surface area contributed by atoms with E-state index in [0.717, 1.165) is 38.5 Å². The Morgan fingerprint density at radius 1 is 1.16 bits per heavy atom. The Labute approximate surface area is 150 Å². The molecule has 0 aromatic carbocycles. The topological polar surface area (TPSA) is 70.6 Å². The maximum atomic E-state index is 13.0. The molecule has 1 aromatic rings. The van der Waals surface area contributed by atoms with Crippen LogP contribution >= 0.6 is 0 Å². The first kappa shape index (κ1) is 18.3. The third-order valence-corrected chi connectivity index (χ3v) is 7.04. The molecule has 0 N–H and O–H groups in total. The fourth-order valence-corrected chi connectivity index (χ4v) is 5.26. The minimum atomic E-state index is -3.68. The van der Waals surface area contributed by atoms with E-state index in [1.165, 1.54) is 16.9 Å². The monoisotopic (exact) mass is 365 g/mol. The van der Waals surface area contributed by atoms with Gasteiger partial charge in [0.25, 0.3) is 0 Å². The molecule has 0 atom stereocenters. The standard InChI is InChI=1S/C18H27N3O3S/c1-2-20(15-7-4-3-5-8-15)18(22)14-21(16-10-11-16)25(23,24)17-9-6-12-19-13-17/h6,9,12-13,15-16H,2-5,7-8,10-11,14H2,1H3. The molecule has 2 saturated carbocycles. The highest BCUT2D eigenvalue weighted by Crippen LogP contribution is 2.32. The summed E-state index contributed by atoms with van der Waals surface area (Å²) in [6.07, 6.45) is 10.1. The second-order valence-corrected chi connectivity index (χ2v) is 8.83. The zero-order chi connectivity index (χ0) is 17.9. The van der Waals surface area contributed by atoms with Crippen LogP contribution in [0.25, 0.3) is 0 Å². The normalized spacial score (nSPS) is 19.1. The number of hydrogen-bond donors (Lipinski definition) is 0. The minimum Gasteiger partial charge on any atom is -0.339 e. The lowest BCUT2D eigenvalue weighted by atomic mass is 9.94. The van der Waals surface area contributed by atoms with Gasteiger partial charge in [-0.15, -0.1) is 0 Å². The van der Waals surface area contributed by atoms with Crippen LogP contribution in [0.4, 0.5) is 0 Å². The van der Waals surface area contributed by atoms with Gasteiger partial charge < -0.3 is 4.90 Å². The molecular weight excluding hydrogens is 338 g/mol. The zero-order valence-corrected chi connectivity index (χ0v) is 15.6. The molecule has 0 bridgehead atoms. The van der Waals surface area contributed by atoms with Crippen LogP contribution in [0, 0.1) is 0 Å². The smallest absolute Gasteiger partial charge is 0.245 e. The van der Waals surface area contributed by atoms with Crippen molar-refractivity contribution < 1.29 is 13.2 Å². The predicted octanol–water partition coefficient (Wildman–Crippen LogP) is 2.42. The van der Waals surface area contributed by atoms with Gasteiger partial charge in [-0.3, -0.25) is 9.78 Å². The van der Waals surface area contributed by atoms with Crippen molar-refractivity contribution in [1.29, 1.82) is 0 Å². The molecule has 2 aliphatic carbocycles. The van der Waals surface area contributed by atoms with Crippen LogP contribution in [0.5, 0.6) is 0 Å². The van der Waals surface area contributed by atoms with Crippen molar-refractivity contribution >= 4 is 15.9 Å². The van der Waals surface area contributed by atoms with Crippen molar-refractivity contribution in [1.82, 2.24) is 14.2 Å². The first-order chi connectivity index (χ1) is 12.0. The largest absolute Gasteiger partial charge is 0.339 e. The maximum Gasteiger partial charge on any atom is 0.245 e. The van der Waals surface area contributed by atoms with Crippen molar-refractivity contribution in [2.24, 2.45) is 0 Å². The van der Waals surface area contributed by atoms with E-state index in [4.69, 9.17) is 0 Å². The highest BCUT2D eigenvalue weighted by atomic mass is 32.2. The Kier molecular flexibility index (Phi) is 5.74. The molecule has 7 heteroatoms. The SMILES string of the molecule is CCN(C(=O)CN(C1CC1)S(=O)(=O)c1cccnc1)C1CCCCC1. The van der Waals surface area contributed by atoms with Gasteiger partial charge in [0.1, 0.15) is 4.90 Å². The number of rotatable bonds is 7. The molecule has 0 saturated heterocycles. The summed E-state index contributed by atoms with van der Waals surface area (Å²) in [7, 11) is -3.68. The van der Waals surface area contributed by atoms with Gasteiger partial charge in [-0.05, 0) is 44.7 Å². The number of sulfonamides is 1. The molecule has 2 fully saturated rings. The lowest BCUT2D eigenvalue weighted by molar-refractivity contribution is -0.134. The molecule has 1 heterocycles. The molecule has 2 aliphatic rings. The summed E-state index contributed by atoms with van der Waals surface area (Å²) in [5, 5.41) is 0. The Balaban J connectivity index is 1.76. The van der Waals surface area contributed by atoms with Crippen LogP contribution < -0.4 is 0 Å². The van der Waals surface area contributed by atoms with Gasteiger partial charge in [0.15, 0.2) is 0 Å². The molecule has 1 amide bonds. The van der Waals surface area contributed by atoms with Crippen LogP contribution in [0.2, 0.25) is 0 Å². The molecule has 0 aliphatic heterocycles. The summed E-state index contributed by atoms with van der Waals surface area (Å²) in [6.45, 7) is 2.55. The molecule has 25 heavy (non-hydrogen) atoms. The quantitative estimate of drug-likeness (QED) is 0.744. The fourth-order valence-electron chi connectivity index (χ4n) is 3.66. The molecule has 0 spiro atoms. The van der Waals surface area contributed by atoms with Crippen LogP contribution in [-0.2, 0) is 14.8 Å². The number of amides is 1. The van der Waals surface area contributed by atoms with Crippen molar-refractivity contribution in [2.45, 2.75) is 68.8 Å². The molecular formula is C18H27N3O3S. The molecule has 0 unspecified atom stereocenters. The highest BCUT2D eigenvalue weighted by molar-refractivity contribution is 7.89. The van der Waals surface area contributed by atoms with Gasteiger partial charge in [0.2, 0.25) is 15.9 Å². The summed E-state index contributed by atoms with van der Waals surface area (Å²) >= 11 is 0. The minimum absolute atomic E-state index is 0.0563. The van der Waals surface area contributed by atoms with Gasteiger partial charge in [-0.1, -0.05) is 19.3 Å². The van der Waals surface area contributed by atoms with Gasteiger partial charge in [0.05, 0.1) is 6.54 Å². The lowest BCUT2D eigenvalue weighted by Gasteiger charge is -2.35. The molecule has 0 radical (unpaired) electrons. The van der Waals surface area contributed by atoms with E-state index in [1.807, 2.05) is 11.8 Å². The van der Waals surface area contributed by atoms with Crippen molar-refractivity contribution in [2.75, 3.05) is 13.1 Å². The van der Waals surface area contributed by atoms with Crippen LogP contribution in [-0.4, -0.2) is 53.7 Å². The zero-order valence-electron chi connectivity index (χ0n) is 14.8. The van der Waals surface area contributed by atoms with E-state index in [-0.39, 0.29) is 29.4 Å². The molecule has 3 rings (SSSR count). The Bertz CT molecular complexity index is 683. The van der Waals surface area contributed by atoms with Crippen LogP contribution in [0.15, 0.2) is 29.4 Å². The first-order valence-electron chi connectivity index (χ1n) is 9.25.